The van der Waals surface area contributed by atoms with Gasteiger partial charge in [-0.2, -0.15) is 0 Å². The average molecular weight is 154 g/mol. The number of rotatable bonds is 5. The summed E-state index contributed by atoms with van der Waals surface area (Å²) in [5.74, 6) is 2.47. The normalized spacial score (nSPS) is 12.3. The molecule has 0 fully saturated rings. The van der Waals surface area contributed by atoms with Crippen molar-refractivity contribution in [3.63, 3.8) is 0 Å². The maximum Gasteiger partial charge on any atom is 0.123 e. The summed E-state index contributed by atoms with van der Waals surface area (Å²) in [7, 11) is 0. The fraction of sp³-hybridized carbons (Fsp3) is 0.800. The third kappa shape index (κ3) is 4.00. The van der Waals surface area contributed by atoms with Crippen LogP contribution >= 0.6 is 0 Å². The highest BCUT2D eigenvalue weighted by molar-refractivity contribution is 5.52. The highest BCUT2D eigenvalue weighted by atomic mass is 16.1. The molecule has 0 spiro atoms. The number of unbranched alkanes of at least 4 members (excludes halogenated alkanes) is 1. The van der Waals surface area contributed by atoms with E-state index >= 15 is 0 Å². The van der Waals surface area contributed by atoms with Crippen molar-refractivity contribution in [2.45, 2.75) is 46.5 Å². The quantitative estimate of drug-likeness (QED) is 0.556. The topological polar surface area (TPSA) is 17.1 Å². The van der Waals surface area contributed by atoms with Crippen LogP contribution in [0, 0.1) is 5.92 Å². The van der Waals surface area contributed by atoms with Crippen LogP contribution in [0.1, 0.15) is 46.5 Å². The maximum absolute atomic E-state index is 10.4. The zero-order chi connectivity index (χ0) is 8.69. The molecule has 0 heterocycles. The van der Waals surface area contributed by atoms with Crippen molar-refractivity contribution in [3.8, 4) is 0 Å². The summed E-state index contributed by atoms with van der Waals surface area (Å²) in [6, 6.07) is 0. The Kier molecular flexibility index (Phi) is 5.87. The van der Waals surface area contributed by atoms with Crippen LogP contribution in [0.2, 0.25) is 0 Å². The van der Waals surface area contributed by atoms with Crippen molar-refractivity contribution in [2.24, 2.45) is 5.92 Å². The lowest BCUT2D eigenvalue weighted by Gasteiger charge is -2.09. The third-order valence-electron chi connectivity index (χ3n) is 2.10. The molecule has 0 radical (unpaired) electrons. The van der Waals surface area contributed by atoms with Crippen LogP contribution in [-0.4, -0.2) is 5.94 Å². The molecule has 0 aromatic heterocycles. The first-order valence-corrected chi connectivity index (χ1v) is 4.50. The first kappa shape index (κ1) is 10.4. The van der Waals surface area contributed by atoms with Gasteiger partial charge in [-0.3, -0.25) is 0 Å². The van der Waals surface area contributed by atoms with Crippen LogP contribution in [0.5, 0.6) is 0 Å². The fourth-order valence-electron chi connectivity index (χ4n) is 1.21. The Hall–Kier alpha value is -0.550. The SMILES string of the molecule is CCCCC(C)C(=C=O)CC. The molecule has 1 heteroatoms. The van der Waals surface area contributed by atoms with Crippen molar-refractivity contribution >= 4 is 5.94 Å². The standard InChI is InChI=1S/C10H18O/c1-4-6-7-9(3)10(5-2)8-11/h9H,4-7H2,1-3H3. The van der Waals surface area contributed by atoms with Crippen molar-refractivity contribution in [2.75, 3.05) is 0 Å². The maximum atomic E-state index is 10.4. The Balaban J connectivity index is 3.80. The van der Waals surface area contributed by atoms with E-state index in [1.54, 1.807) is 0 Å². The molecule has 0 aliphatic rings. The Morgan fingerprint density at radius 1 is 1.45 bits per heavy atom. The van der Waals surface area contributed by atoms with Gasteiger partial charge in [-0.15, -0.1) is 0 Å². The Bertz CT molecular complexity index is 143. The van der Waals surface area contributed by atoms with Crippen LogP contribution in [0.15, 0.2) is 5.57 Å². The molecule has 1 atom stereocenters. The van der Waals surface area contributed by atoms with Gasteiger partial charge in [0.2, 0.25) is 0 Å². The van der Waals surface area contributed by atoms with Gasteiger partial charge in [0.1, 0.15) is 5.94 Å². The first-order valence-electron chi connectivity index (χ1n) is 4.50. The molecule has 1 unspecified atom stereocenters. The summed E-state index contributed by atoms with van der Waals surface area (Å²) in [6.07, 6.45) is 4.41. The second-order valence-electron chi connectivity index (χ2n) is 3.02. The number of hydrogen-bond donors (Lipinski definition) is 0. The highest BCUT2D eigenvalue weighted by Crippen LogP contribution is 2.17. The van der Waals surface area contributed by atoms with E-state index in [9.17, 15) is 4.79 Å². The van der Waals surface area contributed by atoms with Gasteiger partial charge in [-0.05, 0) is 18.8 Å². The molecule has 0 rings (SSSR count). The number of hydrogen-bond acceptors (Lipinski definition) is 1. The molecule has 0 aliphatic carbocycles. The minimum atomic E-state index is 0.442. The van der Waals surface area contributed by atoms with E-state index in [0.29, 0.717) is 5.92 Å². The molecule has 64 valence electrons. The van der Waals surface area contributed by atoms with E-state index in [4.69, 9.17) is 0 Å². The molecular formula is C10H18O. The van der Waals surface area contributed by atoms with E-state index in [1.807, 2.05) is 12.9 Å². The Morgan fingerprint density at radius 2 is 2.09 bits per heavy atom. The average Bonchev–Trinajstić information content (AvgIpc) is 2.03. The zero-order valence-corrected chi connectivity index (χ0v) is 7.81. The molecule has 0 bridgehead atoms. The summed E-state index contributed by atoms with van der Waals surface area (Å²) in [4.78, 5) is 10.4. The van der Waals surface area contributed by atoms with Crippen molar-refractivity contribution < 1.29 is 4.79 Å². The van der Waals surface area contributed by atoms with Crippen LogP contribution in [0.4, 0.5) is 0 Å². The summed E-state index contributed by atoms with van der Waals surface area (Å²) in [5.41, 5.74) is 0.943. The van der Waals surface area contributed by atoms with E-state index in [2.05, 4.69) is 13.8 Å². The van der Waals surface area contributed by atoms with Gasteiger partial charge in [0.15, 0.2) is 0 Å². The van der Waals surface area contributed by atoms with Gasteiger partial charge < -0.3 is 0 Å². The first-order chi connectivity index (χ1) is 5.26. The molecule has 0 aliphatic heterocycles. The second kappa shape index (κ2) is 6.18. The van der Waals surface area contributed by atoms with Crippen LogP contribution < -0.4 is 0 Å². The van der Waals surface area contributed by atoms with E-state index in [-0.39, 0.29) is 0 Å². The van der Waals surface area contributed by atoms with Gasteiger partial charge in [0, 0.05) is 5.57 Å². The van der Waals surface area contributed by atoms with E-state index in [0.717, 1.165) is 18.4 Å². The largest absolute Gasteiger partial charge is 0.234 e. The summed E-state index contributed by atoms with van der Waals surface area (Å²) in [6.45, 7) is 6.30. The second-order valence-corrected chi connectivity index (χ2v) is 3.02. The van der Waals surface area contributed by atoms with Gasteiger partial charge in [0.05, 0.1) is 0 Å². The lowest BCUT2D eigenvalue weighted by molar-refractivity contribution is 0.538. The summed E-state index contributed by atoms with van der Waals surface area (Å²) < 4.78 is 0. The van der Waals surface area contributed by atoms with Gasteiger partial charge >= 0.3 is 0 Å². The molecule has 11 heavy (non-hydrogen) atoms. The molecule has 0 saturated heterocycles. The van der Waals surface area contributed by atoms with Crippen LogP contribution in [-0.2, 0) is 4.79 Å². The van der Waals surface area contributed by atoms with Gasteiger partial charge in [-0.25, -0.2) is 4.79 Å². The minimum absolute atomic E-state index is 0.442. The summed E-state index contributed by atoms with van der Waals surface area (Å²) >= 11 is 0. The van der Waals surface area contributed by atoms with Crippen molar-refractivity contribution in [3.05, 3.63) is 5.57 Å². The van der Waals surface area contributed by atoms with Gasteiger partial charge in [-0.1, -0.05) is 33.6 Å². The molecule has 0 saturated carbocycles. The molecular weight excluding hydrogens is 136 g/mol. The van der Waals surface area contributed by atoms with Crippen molar-refractivity contribution in [1.82, 2.24) is 0 Å². The number of allylic oxidation sites excluding steroid dienone is 1. The molecule has 0 aromatic carbocycles. The monoisotopic (exact) mass is 154 g/mol. The van der Waals surface area contributed by atoms with Crippen LogP contribution in [0.25, 0.3) is 0 Å². The van der Waals surface area contributed by atoms with E-state index in [1.165, 1.54) is 12.8 Å². The van der Waals surface area contributed by atoms with Gasteiger partial charge in [0.25, 0.3) is 0 Å². The lowest BCUT2D eigenvalue weighted by Crippen LogP contribution is -1.98. The highest BCUT2D eigenvalue weighted by Gasteiger charge is 2.06. The van der Waals surface area contributed by atoms with Crippen LogP contribution in [0.3, 0.4) is 0 Å². The Morgan fingerprint density at radius 3 is 2.45 bits per heavy atom. The van der Waals surface area contributed by atoms with Crippen molar-refractivity contribution in [1.29, 1.82) is 0 Å². The predicted octanol–water partition coefficient (Wildman–Crippen LogP) is 2.98. The smallest absolute Gasteiger partial charge is 0.123 e. The minimum Gasteiger partial charge on any atom is -0.234 e. The number of carbonyl (C=O) groups excluding carboxylic acids is 1. The Labute approximate surface area is 69.5 Å². The summed E-state index contributed by atoms with van der Waals surface area (Å²) in [5, 5.41) is 0. The lowest BCUT2D eigenvalue weighted by atomic mass is 9.95. The fourth-order valence-corrected chi connectivity index (χ4v) is 1.21. The zero-order valence-electron chi connectivity index (χ0n) is 7.81. The third-order valence-corrected chi connectivity index (χ3v) is 2.10. The molecule has 0 aromatic rings. The molecule has 0 N–H and O–H groups in total. The molecule has 1 nitrogen and oxygen atoms in total. The van der Waals surface area contributed by atoms with E-state index < -0.39 is 0 Å². The predicted molar refractivity (Wildman–Crippen MR) is 48.2 cm³/mol. The molecule has 0 amide bonds.